The van der Waals surface area contributed by atoms with Crippen molar-refractivity contribution in [3.8, 4) is 0 Å². The van der Waals surface area contributed by atoms with Gasteiger partial charge in [-0.05, 0) is 26.0 Å². The zero-order chi connectivity index (χ0) is 18.6. The van der Waals surface area contributed by atoms with E-state index in [2.05, 4.69) is 19.4 Å². The number of aromatic nitrogens is 2. The number of carbonyl (C=O) groups excluding carboxylic acids is 1. The van der Waals surface area contributed by atoms with Crippen LogP contribution in [-0.4, -0.2) is 42.9 Å². The van der Waals surface area contributed by atoms with Crippen LogP contribution in [0.1, 0.15) is 28.7 Å². The minimum Gasteiger partial charge on any atom is -0.462 e. The molecule has 0 N–H and O–H groups in total. The Labute approximate surface area is 141 Å². The van der Waals surface area contributed by atoms with E-state index < -0.39 is 35.8 Å². The van der Waals surface area contributed by atoms with Crippen molar-refractivity contribution in [1.82, 2.24) is 9.97 Å². The molecule has 0 spiro atoms. The third kappa shape index (κ3) is 4.23. The SMILES string of the molecule is CCOC(=O)c1cc2cc(F)c(C)nc2nc1C(F)(F)OCCOC. The molecule has 0 aliphatic heterocycles. The zero-order valence-corrected chi connectivity index (χ0v) is 13.9. The highest BCUT2D eigenvalue weighted by atomic mass is 19.3. The van der Waals surface area contributed by atoms with Crippen LogP contribution in [0.3, 0.4) is 0 Å². The molecule has 0 bridgehead atoms. The van der Waals surface area contributed by atoms with Crippen LogP contribution >= 0.6 is 0 Å². The molecule has 0 aromatic carbocycles. The largest absolute Gasteiger partial charge is 0.462 e. The number of hydrogen-bond acceptors (Lipinski definition) is 6. The number of rotatable bonds is 7. The topological polar surface area (TPSA) is 70.5 Å². The lowest BCUT2D eigenvalue weighted by Crippen LogP contribution is -2.26. The average Bonchev–Trinajstić information content (AvgIpc) is 2.55. The Bertz CT molecular complexity index is 784. The summed E-state index contributed by atoms with van der Waals surface area (Å²) in [6.45, 7) is 2.40. The van der Waals surface area contributed by atoms with Gasteiger partial charge in [0.1, 0.15) is 5.82 Å². The van der Waals surface area contributed by atoms with E-state index in [-0.39, 0.29) is 29.9 Å². The summed E-state index contributed by atoms with van der Waals surface area (Å²) in [6.07, 6.45) is -3.88. The van der Waals surface area contributed by atoms with E-state index in [1.807, 2.05) is 0 Å². The average molecular weight is 358 g/mol. The van der Waals surface area contributed by atoms with E-state index in [1.165, 1.54) is 21.0 Å². The number of nitrogens with zero attached hydrogens (tertiary/aromatic N) is 2. The summed E-state index contributed by atoms with van der Waals surface area (Å²) in [5.74, 6) is -1.65. The van der Waals surface area contributed by atoms with Crippen molar-refractivity contribution < 1.29 is 32.2 Å². The first kappa shape index (κ1) is 19.1. The van der Waals surface area contributed by atoms with Crippen molar-refractivity contribution in [2.75, 3.05) is 26.9 Å². The minimum atomic E-state index is -3.88. The predicted molar refractivity (Wildman–Crippen MR) is 81.9 cm³/mol. The Kier molecular flexibility index (Phi) is 5.91. The second-order valence-electron chi connectivity index (χ2n) is 5.07. The van der Waals surface area contributed by atoms with Crippen LogP contribution in [0.25, 0.3) is 11.0 Å². The van der Waals surface area contributed by atoms with Crippen LogP contribution in [0.4, 0.5) is 13.2 Å². The molecule has 0 fully saturated rings. The molecule has 0 amide bonds. The first-order valence-electron chi connectivity index (χ1n) is 7.46. The van der Waals surface area contributed by atoms with E-state index >= 15 is 0 Å². The summed E-state index contributed by atoms with van der Waals surface area (Å²) in [5, 5.41) is 0.0996. The van der Waals surface area contributed by atoms with Gasteiger partial charge in [0, 0.05) is 12.5 Å². The smallest absolute Gasteiger partial charge is 0.401 e. The van der Waals surface area contributed by atoms with Gasteiger partial charge in [0.2, 0.25) is 0 Å². The van der Waals surface area contributed by atoms with Gasteiger partial charge < -0.3 is 14.2 Å². The lowest BCUT2D eigenvalue weighted by Gasteiger charge is -2.19. The highest BCUT2D eigenvalue weighted by Crippen LogP contribution is 2.32. The molecule has 0 radical (unpaired) electrons. The summed E-state index contributed by atoms with van der Waals surface area (Å²) >= 11 is 0. The highest BCUT2D eigenvalue weighted by molar-refractivity contribution is 5.94. The number of esters is 1. The summed E-state index contributed by atoms with van der Waals surface area (Å²) < 4.78 is 56.4. The fourth-order valence-electron chi connectivity index (χ4n) is 2.08. The van der Waals surface area contributed by atoms with Crippen LogP contribution in [0, 0.1) is 12.7 Å². The van der Waals surface area contributed by atoms with Crippen LogP contribution in [0.15, 0.2) is 12.1 Å². The molecule has 0 atom stereocenters. The maximum absolute atomic E-state index is 14.4. The summed E-state index contributed by atoms with van der Waals surface area (Å²) in [7, 11) is 1.33. The zero-order valence-electron chi connectivity index (χ0n) is 13.9. The molecule has 0 unspecified atom stereocenters. The van der Waals surface area contributed by atoms with Gasteiger partial charge in [0.15, 0.2) is 11.3 Å². The van der Waals surface area contributed by atoms with Crippen molar-refractivity contribution >= 4 is 17.0 Å². The van der Waals surface area contributed by atoms with Gasteiger partial charge in [-0.2, -0.15) is 8.78 Å². The molecular formula is C16H17F3N2O4. The molecule has 2 rings (SSSR count). The molecule has 25 heavy (non-hydrogen) atoms. The number of alkyl halides is 2. The fourth-order valence-corrected chi connectivity index (χ4v) is 2.08. The van der Waals surface area contributed by atoms with Crippen LogP contribution < -0.4 is 0 Å². The normalized spacial score (nSPS) is 11.8. The number of aryl methyl sites for hydroxylation is 1. The third-order valence-corrected chi connectivity index (χ3v) is 3.27. The van der Waals surface area contributed by atoms with E-state index in [0.29, 0.717) is 0 Å². The standard InChI is InChI=1S/C16H17F3N2O4/c1-4-24-15(22)11-7-10-8-12(17)9(2)20-14(10)21-13(11)16(18,19)25-6-5-23-3/h7-8H,4-6H2,1-3H3. The number of methoxy groups -OCH3 is 1. The van der Waals surface area contributed by atoms with Crippen molar-refractivity contribution in [2.45, 2.75) is 20.0 Å². The quantitative estimate of drug-likeness (QED) is 0.560. The van der Waals surface area contributed by atoms with Crippen LogP contribution in [0.5, 0.6) is 0 Å². The van der Waals surface area contributed by atoms with Crippen molar-refractivity contribution in [2.24, 2.45) is 0 Å². The Morgan fingerprint density at radius 1 is 1.24 bits per heavy atom. The first-order valence-corrected chi connectivity index (χ1v) is 7.46. The van der Waals surface area contributed by atoms with Crippen LogP contribution in [0.2, 0.25) is 0 Å². The molecule has 2 aromatic rings. The number of halogens is 3. The van der Waals surface area contributed by atoms with Crippen molar-refractivity contribution in [3.63, 3.8) is 0 Å². The molecule has 2 aromatic heterocycles. The molecule has 136 valence electrons. The maximum atomic E-state index is 14.4. The van der Waals surface area contributed by atoms with E-state index in [9.17, 15) is 18.0 Å². The lowest BCUT2D eigenvalue weighted by atomic mass is 10.1. The molecule has 6 nitrogen and oxygen atoms in total. The molecule has 0 aliphatic carbocycles. The van der Waals surface area contributed by atoms with E-state index in [1.54, 1.807) is 0 Å². The number of hydrogen-bond donors (Lipinski definition) is 0. The molecule has 0 aliphatic rings. The molecule has 0 saturated heterocycles. The minimum absolute atomic E-state index is 0.00143. The van der Waals surface area contributed by atoms with Gasteiger partial charge in [-0.15, -0.1) is 0 Å². The second-order valence-corrected chi connectivity index (χ2v) is 5.07. The monoisotopic (exact) mass is 358 g/mol. The highest BCUT2D eigenvalue weighted by Gasteiger charge is 2.40. The number of fused-ring (bicyclic) bond motifs is 1. The number of ether oxygens (including phenoxy) is 3. The lowest BCUT2D eigenvalue weighted by molar-refractivity contribution is -0.255. The number of pyridine rings is 2. The predicted octanol–water partition coefficient (Wildman–Crippen LogP) is 2.97. The molecule has 2 heterocycles. The van der Waals surface area contributed by atoms with Gasteiger partial charge in [-0.3, -0.25) is 0 Å². The second kappa shape index (κ2) is 7.75. The van der Waals surface area contributed by atoms with Gasteiger partial charge in [-0.1, -0.05) is 0 Å². The Balaban J connectivity index is 2.59. The third-order valence-electron chi connectivity index (χ3n) is 3.27. The first-order chi connectivity index (χ1) is 11.8. The molecule has 0 saturated carbocycles. The fraction of sp³-hybridized carbons (Fsp3) is 0.438. The van der Waals surface area contributed by atoms with E-state index in [0.717, 1.165) is 12.1 Å². The summed E-state index contributed by atoms with van der Waals surface area (Å²) in [4.78, 5) is 19.6. The Morgan fingerprint density at radius 2 is 1.96 bits per heavy atom. The summed E-state index contributed by atoms with van der Waals surface area (Å²) in [5.41, 5.74) is -1.58. The maximum Gasteiger partial charge on any atom is 0.401 e. The van der Waals surface area contributed by atoms with E-state index in [4.69, 9.17) is 4.74 Å². The van der Waals surface area contributed by atoms with Crippen LogP contribution in [-0.2, 0) is 20.3 Å². The van der Waals surface area contributed by atoms with Crippen molar-refractivity contribution in [3.05, 3.63) is 34.9 Å². The Hall–Kier alpha value is -2.26. The molecule has 9 heteroatoms. The number of carbonyl (C=O) groups is 1. The summed E-state index contributed by atoms with van der Waals surface area (Å²) in [6, 6.07) is 2.14. The van der Waals surface area contributed by atoms with Gasteiger partial charge >= 0.3 is 12.1 Å². The Morgan fingerprint density at radius 3 is 2.60 bits per heavy atom. The molecular weight excluding hydrogens is 341 g/mol. The van der Waals surface area contributed by atoms with Gasteiger partial charge in [0.25, 0.3) is 0 Å². The van der Waals surface area contributed by atoms with Crippen molar-refractivity contribution in [1.29, 1.82) is 0 Å². The van der Waals surface area contributed by atoms with Gasteiger partial charge in [0.05, 0.1) is 31.1 Å². The van der Waals surface area contributed by atoms with Gasteiger partial charge in [-0.25, -0.2) is 19.2 Å².